The molecule has 2 heterocycles. The second-order valence-corrected chi connectivity index (χ2v) is 13.3. The standard InChI is InChI=1S/C22H28N2O2.C17H20F6N2O3/c1-24-16-6-5-8-19(24)13-10-17-7-3-4-9-21(17)23-22(25)18-11-14-20(26-2)15-12-18;18-16(19,20)9-27-12-4-5-14(28-10-17(21,22)23)13(7-12)15(26)25-8-11-3-1-2-6-24-11/h3-4,7,9,11-12,14-15,19H,5-6,8,10,13,16H2,1-2H3,(H,23,25);4-5,7,11,24H,1-3,6,8-10H2,(H,25,26). The van der Waals surface area contributed by atoms with Gasteiger partial charge in [0.1, 0.15) is 17.2 Å². The van der Waals surface area contributed by atoms with Crippen molar-refractivity contribution in [3.05, 3.63) is 83.4 Å². The molecule has 5 rings (SSSR count). The lowest BCUT2D eigenvalue weighted by atomic mass is 9.96. The van der Waals surface area contributed by atoms with E-state index in [0.717, 1.165) is 68.3 Å². The lowest BCUT2D eigenvalue weighted by Gasteiger charge is -2.32. The number of hydrogen-bond donors (Lipinski definition) is 3. The Balaban J connectivity index is 0.000000241. The third-order valence-corrected chi connectivity index (χ3v) is 9.20. The maximum absolute atomic E-state index is 12.6. The van der Waals surface area contributed by atoms with Crippen molar-refractivity contribution in [1.82, 2.24) is 15.5 Å². The van der Waals surface area contributed by atoms with Crippen LogP contribution in [0.15, 0.2) is 66.7 Å². The first-order valence-electron chi connectivity index (χ1n) is 18.0. The van der Waals surface area contributed by atoms with Crippen LogP contribution >= 0.6 is 0 Å². The number of methoxy groups -OCH3 is 1. The van der Waals surface area contributed by atoms with E-state index in [1.807, 2.05) is 18.2 Å². The van der Waals surface area contributed by atoms with Gasteiger partial charge in [0.2, 0.25) is 0 Å². The highest BCUT2D eigenvalue weighted by Gasteiger charge is 2.31. The van der Waals surface area contributed by atoms with E-state index >= 15 is 0 Å². The SMILES string of the molecule is COc1ccc(C(=O)Nc2ccccc2CCC2CCCCN2C)cc1.O=C(NCC1CCCCN1)c1cc(OCC(F)(F)F)ccc1OCC(F)(F)F. The van der Waals surface area contributed by atoms with E-state index in [9.17, 15) is 35.9 Å². The number of amides is 2. The highest BCUT2D eigenvalue weighted by atomic mass is 19.4. The Kier molecular flexibility index (Phi) is 15.8. The molecule has 0 radical (unpaired) electrons. The summed E-state index contributed by atoms with van der Waals surface area (Å²) in [6.45, 7) is -1.02. The Hall–Kier alpha value is -4.50. The van der Waals surface area contributed by atoms with Crippen molar-refractivity contribution in [2.24, 2.45) is 0 Å². The number of rotatable bonds is 13. The van der Waals surface area contributed by atoms with Gasteiger partial charge in [-0.3, -0.25) is 9.59 Å². The van der Waals surface area contributed by atoms with Crippen molar-refractivity contribution >= 4 is 17.5 Å². The number of halogens is 6. The zero-order valence-electron chi connectivity index (χ0n) is 30.5. The van der Waals surface area contributed by atoms with Crippen LogP contribution in [0.2, 0.25) is 0 Å². The van der Waals surface area contributed by atoms with Crippen molar-refractivity contribution in [2.75, 3.05) is 52.3 Å². The molecule has 15 heteroatoms. The van der Waals surface area contributed by atoms with Crippen molar-refractivity contribution in [1.29, 1.82) is 0 Å². The fourth-order valence-corrected chi connectivity index (χ4v) is 6.26. The summed E-state index contributed by atoms with van der Waals surface area (Å²) in [7, 11) is 3.84. The zero-order chi connectivity index (χ0) is 39.1. The van der Waals surface area contributed by atoms with E-state index in [4.69, 9.17) is 4.74 Å². The van der Waals surface area contributed by atoms with Gasteiger partial charge in [-0.25, -0.2) is 0 Å². The molecule has 54 heavy (non-hydrogen) atoms. The number of anilines is 1. The molecular formula is C39H48F6N4O5. The second kappa shape index (κ2) is 20.3. The minimum atomic E-state index is -4.63. The van der Waals surface area contributed by atoms with Gasteiger partial charge in [-0.15, -0.1) is 0 Å². The van der Waals surface area contributed by atoms with Gasteiger partial charge >= 0.3 is 12.4 Å². The molecule has 2 unspecified atom stereocenters. The van der Waals surface area contributed by atoms with Crippen LogP contribution in [0.3, 0.4) is 0 Å². The first kappa shape index (κ1) is 42.2. The normalized spacial score (nSPS) is 17.8. The quantitative estimate of drug-likeness (QED) is 0.153. The van der Waals surface area contributed by atoms with Gasteiger partial charge in [-0.2, -0.15) is 26.3 Å². The average Bonchev–Trinajstić information content (AvgIpc) is 3.15. The zero-order valence-corrected chi connectivity index (χ0v) is 30.5. The highest BCUT2D eigenvalue weighted by molar-refractivity contribution is 6.04. The molecule has 2 aliphatic heterocycles. The molecule has 2 saturated heterocycles. The number of carbonyl (C=O) groups excluding carboxylic acids is 2. The van der Waals surface area contributed by atoms with Crippen LogP contribution in [-0.4, -0.2) is 88.2 Å². The number of nitrogens with zero attached hydrogens (tertiary/aromatic N) is 1. The number of alkyl halides is 6. The number of hydrogen-bond acceptors (Lipinski definition) is 7. The fraction of sp³-hybridized carbons (Fsp3) is 0.487. The van der Waals surface area contributed by atoms with Crippen LogP contribution in [0.1, 0.15) is 71.2 Å². The van der Waals surface area contributed by atoms with Crippen LogP contribution in [0.5, 0.6) is 17.2 Å². The van der Waals surface area contributed by atoms with E-state index in [2.05, 4.69) is 43.4 Å². The molecule has 3 aromatic carbocycles. The minimum absolute atomic E-state index is 0.0157. The Morgan fingerprint density at radius 3 is 2.19 bits per heavy atom. The summed E-state index contributed by atoms with van der Waals surface area (Å²) in [5.41, 5.74) is 2.41. The Bertz CT molecular complexity index is 1630. The minimum Gasteiger partial charge on any atom is -0.497 e. The molecule has 0 spiro atoms. The molecule has 2 atom stereocenters. The van der Waals surface area contributed by atoms with E-state index < -0.39 is 37.2 Å². The van der Waals surface area contributed by atoms with E-state index in [0.29, 0.717) is 11.6 Å². The monoisotopic (exact) mass is 766 g/mol. The highest BCUT2D eigenvalue weighted by Crippen LogP contribution is 2.28. The Labute approximate surface area is 311 Å². The third-order valence-electron chi connectivity index (χ3n) is 9.20. The van der Waals surface area contributed by atoms with Gasteiger partial charge in [0.15, 0.2) is 13.2 Å². The number of ether oxygens (including phenoxy) is 3. The topological polar surface area (TPSA) is 101 Å². The smallest absolute Gasteiger partial charge is 0.422 e. The van der Waals surface area contributed by atoms with Crippen molar-refractivity contribution in [3.63, 3.8) is 0 Å². The number of likely N-dealkylation sites (tertiary alicyclic amines) is 1. The summed E-state index contributed by atoms with van der Waals surface area (Å²) >= 11 is 0. The van der Waals surface area contributed by atoms with Crippen molar-refractivity contribution in [2.45, 2.75) is 75.8 Å². The van der Waals surface area contributed by atoms with Crippen LogP contribution < -0.4 is 30.2 Å². The first-order valence-corrected chi connectivity index (χ1v) is 18.0. The van der Waals surface area contributed by atoms with Crippen molar-refractivity contribution in [3.8, 4) is 17.2 Å². The van der Waals surface area contributed by atoms with Gasteiger partial charge in [-0.1, -0.05) is 31.0 Å². The summed E-state index contributed by atoms with van der Waals surface area (Å²) in [5, 5.41) is 8.82. The molecule has 296 valence electrons. The average molecular weight is 767 g/mol. The summed E-state index contributed by atoms with van der Waals surface area (Å²) < 4.78 is 88.5. The van der Waals surface area contributed by atoms with Gasteiger partial charge in [0, 0.05) is 29.9 Å². The Morgan fingerprint density at radius 1 is 0.833 bits per heavy atom. The maximum Gasteiger partial charge on any atom is 0.422 e. The van der Waals surface area contributed by atoms with Gasteiger partial charge in [-0.05, 0) is 113 Å². The number of piperidine rings is 2. The number of aryl methyl sites for hydroxylation is 1. The van der Waals surface area contributed by atoms with Gasteiger partial charge in [0.25, 0.3) is 11.8 Å². The second-order valence-electron chi connectivity index (χ2n) is 13.3. The van der Waals surface area contributed by atoms with Gasteiger partial charge in [0.05, 0.1) is 12.7 Å². The Morgan fingerprint density at radius 2 is 1.52 bits per heavy atom. The number of para-hydroxylation sites is 1. The lowest BCUT2D eigenvalue weighted by molar-refractivity contribution is -0.154. The number of nitrogens with one attached hydrogen (secondary N) is 3. The molecule has 9 nitrogen and oxygen atoms in total. The molecule has 3 aromatic rings. The van der Waals surface area contributed by atoms with Crippen LogP contribution in [0.25, 0.3) is 0 Å². The molecule has 2 amide bonds. The van der Waals surface area contributed by atoms with Crippen LogP contribution in [0, 0.1) is 0 Å². The van der Waals surface area contributed by atoms with E-state index in [1.165, 1.54) is 31.4 Å². The molecular weight excluding hydrogens is 718 g/mol. The first-order chi connectivity index (χ1) is 25.7. The maximum atomic E-state index is 12.6. The van der Waals surface area contributed by atoms with Gasteiger partial charge < -0.3 is 35.1 Å². The van der Waals surface area contributed by atoms with E-state index in [-0.39, 0.29) is 29.8 Å². The van der Waals surface area contributed by atoms with Crippen LogP contribution in [0.4, 0.5) is 32.0 Å². The lowest BCUT2D eigenvalue weighted by Crippen LogP contribution is -2.43. The summed E-state index contributed by atoms with van der Waals surface area (Å²) in [4.78, 5) is 27.4. The summed E-state index contributed by atoms with van der Waals surface area (Å²) in [6, 6.07) is 18.9. The fourth-order valence-electron chi connectivity index (χ4n) is 6.26. The molecule has 0 aromatic heterocycles. The van der Waals surface area contributed by atoms with Crippen LogP contribution in [-0.2, 0) is 6.42 Å². The molecule has 0 aliphatic carbocycles. The number of benzene rings is 3. The van der Waals surface area contributed by atoms with E-state index in [1.54, 1.807) is 31.4 Å². The molecule has 2 aliphatic rings. The summed E-state index contributed by atoms with van der Waals surface area (Å²) in [6.07, 6.45) is -0.395. The molecule has 0 saturated carbocycles. The predicted molar refractivity (Wildman–Crippen MR) is 193 cm³/mol. The third kappa shape index (κ3) is 14.4. The summed E-state index contributed by atoms with van der Waals surface area (Å²) in [5.74, 6) is -0.807. The number of carbonyl (C=O) groups is 2. The largest absolute Gasteiger partial charge is 0.497 e. The molecule has 2 fully saturated rings. The molecule has 0 bridgehead atoms. The predicted octanol–water partition coefficient (Wildman–Crippen LogP) is 7.81. The molecule has 3 N–H and O–H groups in total. The van der Waals surface area contributed by atoms with Crippen molar-refractivity contribution < 1.29 is 50.1 Å².